The van der Waals surface area contributed by atoms with Crippen LogP contribution in [0.15, 0.2) is 35.3 Å². The van der Waals surface area contributed by atoms with Gasteiger partial charge in [-0.1, -0.05) is 11.3 Å². The predicted molar refractivity (Wildman–Crippen MR) is 101 cm³/mol. The summed E-state index contributed by atoms with van der Waals surface area (Å²) in [5.41, 5.74) is -0.551. The Balaban J connectivity index is 1.84. The van der Waals surface area contributed by atoms with Crippen molar-refractivity contribution in [2.24, 2.45) is 4.99 Å². The standard InChI is InChI=1S/C17H12N4O7S/c1-2-19-12-6-13-14(28-8-27-13)7-15(12)29-17(19)18-16(22)9-3-10(20(23)24)5-11(4-9)21(25)26/h3-7H,2,8H2,1H3. The zero-order valence-corrected chi connectivity index (χ0v) is 15.7. The highest BCUT2D eigenvalue weighted by Gasteiger charge is 2.21. The van der Waals surface area contributed by atoms with Gasteiger partial charge >= 0.3 is 0 Å². The monoisotopic (exact) mass is 416 g/mol. The van der Waals surface area contributed by atoms with E-state index in [-0.39, 0.29) is 12.4 Å². The molecule has 1 aliphatic rings. The SMILES string of the molecule is CCn1c(=NC(=O)c2cc([N+](=O)[O-])cc([N+](=O)[O-])c2)sc2cc3c(cc21)OCO3. The van der Waals surface area contributed by atoms with Crippen LogP contribution in [-0.4, -0.2) is 27.1 Å². The molecule has 0 saturated heterocycles. The number of carbonyl (C=O) groups excluding carboxylic acids is 1. The van der Waals surface area contributed by atoms with Crippen LogP contribution in [0.25, 0.3) is 10.2 Å². The molecule has 3 aromatic rings. The second-order valence-corrected chi connectivity index (χ2v) is 6.98. The van der Waals surface area contributed by atoms with E-state index in [9.17, 15) is 25.0 Å². The number of nitrogens with zero attached hydrogens (tertiary/aromatic N) is 4. The lowest BCUT2D eigenvalue weighted by atomic mass is 10.1. The summed E-state index contributed by atoms with van der Waals surface area (Å²) in [4.78, 5) is 37.5. The fourth-order valence-corrected chi connectivity index (χ4v) is 4.03. The molecular weight excluding hydrogens is 404 g/mol. The Hall–Kier alpha value is -3.80. The Morgan fingerprint density at radius 1 is 1.10 bits per heavy atom. The van der Waals surface area contributed by atoms with Gasteiger partial charge in [0.2, 0.25) is 6.79 Å². The minimum atomic E-state index is -0.814. The second-order valence-electron chi connectivity index (χ2n) is 5.97. The van der Waals surface area contributed by atoms with Crippen LogP contribution in [0.3, 0.4) is 0 Å². The number of thiazole rings is 1. The number of ether oxygens (including phenoxy) is 2. The number of hydrogen-bond donors (Lipinski definition) is 0. The molecule has 29 heavy (non-hydrogen) atoms. The highest BCUT2D eigenvalue weighted by atomic mass is 32.1. The molecule has 11 nitrogen and oxygen atoms in total. The fourth-order valence-electron chi connectivity index (χ4n) is 2.93. The van der Waals surface area contributed by atoms with Gasteiger partial charge < -0.3 is 14.0 Å². The Bertz CT molecular complexity index is 1230. The van der Waals surface area contributed by atoms with E-state index in [4.69, 9.17) is 9.47 Å². The van der Waals surface area contributed by atoms with Crippen molar-refractivity contribution in [1.29, 1.82) is 0 Å². The summed E-state index contributed by atoms with van der Waals surface area (Å²) in [5, 5.41) is 22.1. The highest BCUT2D eigenvalue weighted by Crippen LogP contribution is 2.37. The van der Waals surface area contributed by atoms with Crippen molar-refractivity contribution in [2.75, 3.05) is 6.79 Å². The molecule has 1 aliphatic heterocycles. The maximum absolute atomic E-state index is 12.6. The first-order valence-electron chi connectivity index (χ1n) is 8.33. The molecule has 12 heteroatoms. The normalized spacial score (nSPS) is 13.1. The molecule has 1 amide bonds. The van der Waals surface area contributed by atoms with Gasteiger partial charge in [0, 0.05) is 30.8 Å². The van der Waals surface area contributed by atoms with Crippen molar-refractivity contribution in [3.05, 3.63) is 60.9 Å². The van der Waals surface area contributed by atoms with Gasteiger partial charge in [-0.15, -0.1) is 0 Å². The van der Waals surface area contributed by atoms with Gasteiger partial charge in [0.25, 0.3) is 17.3 Å². The molecule has 4 rings (SSSR count). The minimum Gasteiger partial charge on any atom is -0.454 e. The topological polar surface area (TPSA) is 139 Å². The molecule has 0 fully saturated rings. The molecule has 0 bridgehead atoms. The molecule has 0 atom stereocenters. The van der Waals surface area contributed by atoms with Crippen molar-refractivity contribution >= 4 is 38.8 Å². The second kappa shape index (κ2) is 6.98. The summed E-state index contributed by atoms with van der Waals surface area (Å²) in [5.74, 6) is 0.365. The lowest BCUT2D eigenvalue weighted by Crippen LogP contribution is -2.16. The number of aryl methyl sites for hydroxylation is 1. The fraction of sp³-hybridized carbons (Fsp3) is 0.176. The molecule has 0 radical (unpaired) electrons. The molecule has 0 aliphatic carbocycles. The number of carbonyl (C=O) groups is 1. The van der Waals surface area contributed by atoms with Gasteiger partial charge in [-0.25, -0.2) is 0 Å². The first kappa shape index (κ1) is 18.6. The molecule has 0 unspecified atom stereocenters. The lowest BCUT2D eigenvalue weighted by Gasteiger charge is -2.02. The number of fused-ring (bicyclic) bond motifs is 2. The van der Waals surface area contributed by atoms with Crippen LogP contribution >= 0.6 is 11.3 Å². The molecule has 0 spiro atoms. The number of amides is 1. The van der Waals surface area contributed by atoms with Crippen molar-refractivity contribution in [1.82, 2.24) is 4.57 Å². The van der Waals surface area contributed by atoms with Crippen LogP contribution in [0.1, 0.15) is 17.3 Å². The number of hydrogen-bond acceptors (Lipinski definition) is 8. The first-order chi connectivity index (χ1) is 13.9. The number of aromatic nitrogens is 1. The zero-order chi connectivity index (χ0) is 20.7. The Morgan fingerprint density at radius 2 is 1.72 bits per heavy atom. The maximum atomic E-state index is 12.6. The van der Waals surface area contributed by atoms with E-state index in [1.807, 2.05) is 6.92 Å². The molecule has 2 heterocycles. The molecule has 0 saturated carbocycles. The number of nitro benzene ring substituents is 2. The van der Waals surface area contributed by atoms with Gasteiger partial charge in [0.05, 0.1) is 31.7 Å². The van der Waals surface area contributed by atoms with Crippen LogP contribution in [0.2, 0.25) is 0 Å². The van der Waals surface area contributed by atoms with Gasteiger partial charge in [-0.3, -0.25) is 25.0 Å². The summed E-state index contributed by atoms with van der Waals surface area (Å²) < 4.78 is 13.3. The van der Waals surface area contributed by atoms with Gasteiger partial charge in [-0.2, -0.15) is 4.99 Å². The van der Waals surface area contributed by atoms with Gasteiger partial charge in [-0.05, 0) is 6.92 Å². The largest absolute Gasteiger partial charge is 0.454 e. The summed E-state index contributed by atoms with van der Waals surface area (Å²) in [6, 6.07) is 6.32. The third kappa shape index (κ3) is 3.29. The molecule has 0 N–H and O–H groups in total. The Labute approximate surface area is 165 Å². The van der Waals surface area contributed by atoms with Crippen LogP contribution in [-0.2, 0) is 6.54 Å². The van der Waals surface area contributed by atoms with E-state index in [2.05, 4.69) is 4.99 Å². The van der Waals surface area contributed by atoms with Crippen LogP contribution < -0.4 is 14.3 Å². The molecule has 1 aromatic heterocycles. The summed E-state index contributed by atoms with van der Waals surface area (Å²) in [6.45, 7) is 2.51. The zero-order valence-electron chi connectivity index (χ0n) is 14.9. The van der Waals surface area contributed by atoms with Gasteiger partial charge in [0.1, 0.15) is 0 Å². The molecular formula is C17H12N4O7S. The van der Waals surface area contributed by atoms with E-state index in [1.54, 1.807) is 16.7 Å². The Kier molecular flexibility index (Phi) is 4.47. The van der Waals surface area contributed by atoms with Gasteiger partial charge in [0.15, 0.2) is 16.3 Å². The number of non-ortho nitro benzene ring substituents is 2. The Morgan fingerprint density at radius 3 is 2.31 bits per heavy atom. The smallest absolute Gasteiger partial charge is 0.280 e. The number of benzene rings is 2. The third-order valence-corrected chi connectivity index (χ3v) is 5.30. The quantitative estimate of drug-likeness (QED) is 0.470. The van der Waals surface area contributed by atoms with E-state index in [0.29, 0.717) is 22.8 Å². The van der Waals surface area contributed by atoms with E-state index in [1.165, 1.54) is 11.3 Å². The van der Waals surface area contributed by atoms with E-state index < -0.39 is 27.1 Å². The minimum absolute atomic E-state index is 0.139. The maximum Gasteiger partial charge on any atom is 0.280 e. The average molecular weight is 416 g/mol. The predicted octanol–water partition coefficient (Wildman–Crippen LogP) is 3.01. The third-order valence-electron chi connectivity index (χ3n) is 4.26. The molecule has 2 aromatic carbocycles. The first-order valence-corrected chi connectivity index (χ1v) is 9.15. The average Bonchev–Trinajstić information content (AvgIpc) is 3.28. The van der Waals surface area contributed by atoms with Crippen LogP contribution in [0.5, 0.6) is 11.5 Å². The summed E-state index contributed by atoms with van der Waals surface area (Å²) in [7, 11) is 0. The van der Waals surface area contributed by atoms with Crippen molar-refractivity contribution in [3.63, 3.8) is 0 Å². The van der Waals surface area contributed by atoms with Crippen LogP contribution in [0.4, 0.5) is 11.4 Å². The van der Waals surface area contributed by atoms with E-state index in [0.717, 1.165) is 28.4 Å². The lowest BCUT2D eigenvalue weighted by molar-refractivity contribution is -0.394. The highest BCUT2D eigenvalue weighted by molar-refractivity contribution is 7.16. The number of rotatable bonds is 4. The summed E-state index contributed by atoms with van der Waals surface area (Å²) in [6.07, 6.45) is 0. The summed E-state index contributed by atoms with van der Waals surface area (Å²) >= 11 is 1.23. The van der Waals surface area contributed by atoms with Crippen molar-refractivity contribution in [2.45, 2.75) is 13.5 Å². The van der Waals surface area contributed by atoms with E-state index >= 15 is 0 Å². The molecule has 148 valence electrons. The van der Waals surface area contributed by atoms with Crippen molar-refractivity contribution < 1.29 is 24.1 Å². The van der Waals surface area contributed by atoms with Crippen molar-refractivity contribution in [3.8, 4) is 11.5 Å². The van der Waals surface area contributed by atoms with Crippen LogP contribution in [0, 0.1) is 20.2 Å². The number of nitro groups is 2.